The molecule has 2 unspecified atom stereocenters. The van der Waals surface area contributed by atoms with Crippen LogP contribution in [0.3, 0.4) is 0 Å². The topological polar surface area (TPSA) is 78.6 Å². The Bertz CT molecular complexity index is 481. The minimum Gasteiger partial charge on any atom is -0.396 e. The number of carbonyl (C=O) groups is 1. The number of rotatable bonds is 3. The van der Waals surface area contributed by atoms with Crippen molar-refractivity contribution in [2.24, 2.45) is 0 Å². The second-order valence-electron chi connectivity index (χ2n) is 4.84. The number of aliphatic hydroxyl groups is 1. The number of hydrogen-bond donors (Lipinski definition) is 3. The van der Waals surface area contributed by atoms with Gasteiger partial charge in [-0.3, -0.25) is 9.69 Å². The fourth-order valence-corrected chi connectivity index (χ4v) is 2.15. The average Bonchev–Trinajstić information content (AvgIpc) is 2.79. The van der Waals surface area contributed by atoms with Crippen LogP contribution < -0.4 is 11.1 Å². The molecule has 2 atom stereocenters. The van der Waals surface area contributed by atoms with Crippen molar-refractivity contribution in [3.05, 3.63) is 24.0 Å². The molecule has 6 heteroatoms. The molecule has 0 spiro atoms. The number of nitrogens with two attached hydrogens (primary N) is 1. The minimum absolute atomic E-state index is 0.00190. The number of benzene rings is 1. The zero-order valence-electron chi connectivity index (χ0n) is 10.8. The summed E-state index contributed by atoms with van der Waals surface area (Å²) in [5.74, 6) is -0.700. The number of nitrogens with zero attached hydrogens (tertiary/aromatic N) is 1. The maximum absolute atomic E-state index is 13.0. The van der Waals surface area contributed by atoms with E-state index in [9.17, 15) is 14.3 Å². The lowest BCUT2D eigenvalue weighted by atomic mass is 10.2. The van der Waals surface area contributed by atoms with E-state index in [2.05, 4.69) is 5.32 Å². The van der Waals surface area contributed by atoms with Gasteiger partial charge in [-0.2, -0.15) is 0 Å². The van der Waals surface area contributed by atoms with Crippen molar-refractivity contribution >= 4 is 17.3 Å². The van der Waals surface area contributed by atoms with Gasteiger partial charge in [0.2, 0.25) is 5.91 Å². The Kier molecular flexibility index (Phi) is 4.01. The molecular formula is C13H18FN3O2. The molecule has 19 heavy (non-hydrogen) atoms. The largest absolute Gasteiger partial charge is 0.396 e. The summed E-state index contributed by atoms with van der Waals surface area (Å²) in [6.07, 6.45) is 0.318. The number of aliphatic hydroxyl groups excluding tert-OH is 1. The molecule has 1 aliphatic heterocycles. The van der Waals surface area contributed by atoms with Gasteiger partial charge in [-0.1, -0.05) is 0 Å². The van der Waals surface area contributed by atoms with Crippen LogP contribution in [0.2, 0.25) is 0 Å². The highest BCUT2D eigenvalue weighted by Crippen LogP contribution is 2.18. The van der Waals surface area contributed by atoms with E-state index in [1.165, 1.54) is 18.2 Å². The highest BCUT2D eigenvalue weighted by Gasteiger charge is 2.28. The normalized spacial score (nSPS) is 21.3. The molecule has 0 saturated carbocycles. The lowest BCUT2D eigenvalue weighted by Gasteiger charge is -2.22. The Labute approximate surface area is 111 Å². The molecule has 0 bridgehead atoms. The van der Waals surface area contributed by atoms with Crippen molar-refractivity contribution < 1.29 is 14.3 Å². The van der Waals surface area contributed by atoms with E-state index in [0.29, 0.717) is 25.2 Å². The van der Waals surface area contributed by atoms with Gasteiger partial charge in [0.15, 0.2) is 0 Å². The van der Waals surface area contributed by atoms with Crippen LogP contribution in [0.4, 0.5) is 15.8 Å². The van der Waals surface area contributed by atoms with Gasteiger partial charge in [-0.15, -0.1) is 0 Å². The Hall–Kier alpha value is -1.66. The first kappa shape index (κ1) is 13.8. The number of nitrogens with one attached hydrogen (secondary N) is 1. The molecule has 2 rings (SSSR count). The van der Waals surface area contributed by atoms with Gasteiger partial charge < -0.3 is 16.2 Å². The molecule has 1 aromatic carbocycles. The van der Waals surface area contributed by atoms with Gasteiger partial charge in [-0.25, -0.2) is 4.39 Å². The van der Waals surface area contributed by atoms with Crippen molar-refractivity contribution in [3.8, 4) is 0 Å². The van der Waals surface area contributed by atoms with Crippen LogP contribution in [0, 0.1) is 5.82 Å². The van der Waals surface area contributed by atoms with Crippen LogP contribution in [0.1, 0.15) is 13.3 Å². The van der Waals surface area contributed by atoms with Crippen LogP contribution in [-0.2, 0) is 4.79 Å². The summed E-state index contributed by atoms with van der Waals surface area (Å²) in [5, 5.41) is 12.1. The zero-order valence-corrected chi connectivity index (χ0v) is 10.8. The molecule has 104 valence electrons. The fourth-order valence-electron chi connectivity index (χ4n) is 2.15. The van der Waals surface area contributed by atoms with Crippen LogP contribution in [0.5, 0.6) is 0 Å². The predicted molar refractivity (Wildman–Crippen MR) is 71.1 cm³/mol. The monoisotopic (exact) mass is 267 g/mol. The number of carbonyl (C=O) groups excluding carboxylic acids is 1. The highest BCUT2D eigenvalue weighted by atomic mass is 19.1. The number of hydrogen-bond acceptors (Lipinski definition) is 4. The summed E-state index contributed by atoms with van der Waals surface area (Å²) in [5.41, 5.74) is 5.91. The number of anilines is 2. The summed E-state index contributed by atoms with van der Waals surface area (Å²) < 4.78 is 13.0. The standard InChI is InChI=1S/C13H18FN3O2/c1-8(17-5-4-10(18)7-17)13(19)16-9-2-3-11(14)12(15)6-9/h2-3,6,8,10,18H,4-5,7,15H2,1H3,(H,16,19). The summed E-state index contributed by atoms with van der Waals surface area (Å²) in [4.78, 5) is 13.9. The maximum atomic E-state index is 13.0. The SMILES string of the molecule is CC(C(=O)Nc1ccc(F)c(N)c1)N1CCC(O)C1. The van der Waals surface area contributed by atoms with Crippen molar-refractivity contribution in [1.82, 2.24) is 4.90 Å². The lowest BCUT2D eigenvalue weighted by Crippen LogP contribution is -2.41. The second kappa shape index (κ2) is 5.54. The van der Waals surface area contributed by atoms with Gasteiger partial charge in [0, 0.05) is 18.8 Å². The van der Waals surface area contributed by atoms with Crippen molar-refractivity contribution in [2.45, 2.75) is 25.5 Å². The van der Waals surface area contributed by atoms with Crippen LogP contribution >= 0.6 is 0 Å². The van der Waals surface area contributed by atoms with Gasteiger partial charge >= 0.3 is 0 Å². The third kappa shape index (κ3) is 3.21. The molecule has 0 aliphatic carbocycles. The molecule has 0 radical (unpaired) electrons. The summed E-state index contributed by atoms with van der Waals surface area (Å²) in [7, 11) is 0. The second-order valence-corrected chi connectivity index (χ2v) is 4.84. The molecule has 1 aliphatic rings. The van der Waals surface area contributed by atoms with E-state index in [1.54, 1.807) is 6.92 Å². The van der Waals surface area contributed by atoms with Gasteiger partial charge in [0.1, 0.15) is 5.82 Å². The third-order valence-electron chi connectivity index (χ3n) is 3.39. The van der Waals surface area contributed by atoms with Crippen molar-refractivity contribution in [1.29, 1.82) is 0 Å². The lowest BCUT2D eigenvalue weighted by molar-refractivity contribution is -0.120. The summed E-state index contributed by atoms with van der Waals surface area (Å²) in [6.45, 7) is 2.97. The first-order valence-corrected chi connectivity index (χ1v) is 6.25. The smallest absolute Gasteiger partial charge is 0.241 e. The third-order valence-corrected chi connectivity index (χ3v) is 3.39. The Balaban J connectivity index is 1.98. The Morgan fingerprint density at radius 2 is 2.37 bits per heavy atom. The summed E-state index contributed by atoms with van der Waals surface area (Å²) in [6, 6.07) is 3.73. The zero-order chi connectivity index (χ0) is 14.0. The quantitative estimate of drug-likeness (QED) is 0.708. The first-order valence-electron chi connectivity index (χ1n) is 6.25. The van der Waals surface area contributed by atoms with E-state index in [0.717, 1.165) is 0 Å². The molecule has 5 nitrogen and oxygen atoms in total. The van der Waals surface area contributed by atoms with Gasteiger partial charge in [0.05, 0.1) is 17.8 Å². The number of amides is 1. The van der Waals surface area contributed by atoms with E-state index < -0.39 is 5.82 Å². The molecule has 0 aromatic heterocycles. The van der Waals surface area contributed by atoms with Gasteiger partial charge in [-0.05, 0) is 31.5 Å². The molecule has 1 fully saturated rings. The summed E-state index contributed by atoms with van der Waals surface area (Å²) >= 11 is 0. The van der Waals surface area contributed by atoms with Crippen molar-refractivity contribution in [3.63, 3.8) is 0 Å². The van der Waals surface area contributed by atoms with Crippen LogP contribution in [0.25, 0.3) is 0 Å². The molecule has 1 aromatic rings. The van der Waals surface area contributed by atoms with E-state index in [-0.39, 0.29) is 23.7 Å². The number of β-amino-alcohol motifs (C(OH)–C–C–N with tert-alkyl or cyclic N) is 1. The maximum Gasteiger partial charge on any atom is 0.241 e. The van der Waals surface area contributed by atoms with E-state index in [1.807, 2.05) is 4.90 Å². The number of nitrogen functional groups attached to an aromatic ring is 1. The van der Waals surface area contributed by atoms with Gasteiger partial charge in [0.25, 0.3) is 0 Å². The average molecular weight is 267 g/mol. The van der Waals surface area contributed by atoms with Crippen LogP contribution in [-0.4, -0.2) is 41.1 Å². The van der Waals surface area contributed by atoms with E-state index in [4.69, 9.17) is 5.73 Å². The highest BCUT2D eigenvalue weighted by molar-refractivity contribution is 5.94. The molecule has 4 N–H and O–H groups in total. The Morgan fingerprint density at radius 1 is 1.63 bits per heavy atom. The number of likely N-dealkylation sites (tertiary alicyclic amines) is 1. The number of halogens is 1. The van der Waals surface area contributed by atoms with E-state index >= 15 is 0 Å². The predicted octanol–water partition coefficient (Wildman–Crippen LogP) is 0.802. The minimum atomic E-state index is -0.506. The molecule has 1 amide bonds. The molecule has 1 saturated heterocycles. The molecular weight excluding hydrogens is 249 g/mol. The Morgan fingerprint density at radius 3 is 2.95 bits per heavy atom. The molecule has 1 heterocycles. The fraction of sp³-hybridized carbons (Fsp3) is 0.462. The van der Waals surface area contributed by atoms with Crippen molar-refractivity contribution in [2.75, 3.05) is 24.1 Å². The van der Waals surface area contributed by atoms with Crippen LogP contribution in [0.15, 0.2) is 18.2 Å². The first-order chi connectivity index (χ1) is 8.97.